The monoisotopic (exact) mass is 570 g/mol. The molecule has 3 aliphatic rings. The van der Waals surface area contributed by atoms with E-state index in [1.807, 2.05) is 0 Å². The first-order chi connectivity index (χ1) is 20.3. The molecule has 2 saturated heterocycles. The molecule has 2 unspecified atom stereocenters. The highest BCUT2D eigenvalue weighted by atomic mass is 16.7. The molecule has 3 heteroatoms. The number of hydrogen-bond acceptors (Lipinski definition) is 3. The lowest BCUT2D eigenvalue weighted by atomic mass is 9.79. The number of hydrogen-bond donors (Lipinski definition) is 0. The fourth-order valence-electron chi connectivity index (χ4n) is 5.87. The van der Waals surface area contributed by atoms with E-state index in [1.165, 1.54) is 60.8 Å². The van der Waals surface area contributed by atoms with Crippen LogP contribution in [0.2, 0.25) is 0 Å². The fraction of sp³-hybridized carbons (Fsp3) is 0.538. The Hall–Kier alpha value is -2.46. The van der Waals surface area contributed by atoms with Crippen LogP contribution in [0.15, 0.2) is 72.8 Å². The molecule has 0 N–H and O–H groups in total. The second kappa shape index (κ2) is 16.4. The van der Waals surface area contributed by atoms with Gasteiger partial charge in [-0.2, -0.15) is 0 Å². The summed E-state index contributed by atoms with van der Waals surface area (Å²) in [5.41, 5.74) is 7.96. The first-order valence-corrected chi connectivity index (χ1v) is 16.3. The minimum Gasteiger partial charge on any atom is -0.373 e. The Morgan fingerprint density at radius 1 is 0.429 bits per heavy atom. The maximum absolute atomic E-state index is 5.82. The third-order valence-electron chi connectivity index (χ3n) is 8.93. The minimum atomic E-state index is -0.160. The maximum Gasteiger partial charge on any atom is 0.183 e. The SMILES string of the molecule is Cc1ccc(C2CCC(C)CC2)cc1.Cc1ccc(C2CCC(C)CO2)cc1.Cc1ccc(C2OCC(C)CO2)cc1. The molecule has 6 rings (SSSR count). The van der Waals surface area contributed by atoms with Gasteiger partial charge in [-0.15, -0.1) is 0 Å². The van der Waals surface area contributed by atoms with Gasteiger partial charge in [0.1, 0.15) is 0 Å². The maximum atomic E-state index is 5.82. The predicted octanol–water partition coefficient (Wildman–Crippen LogP) is 10.4. The van der Waals surface area contributed by atoms with Gasteiger partial charge in [0.15, 0.2) is 6.29 Å². The van der Waals surface area contributed by atoms with Gasteiger partial charge in [-0.3, -0.25) is 0 Å². The number of rotatable bonds is 3. The van der Waals surface area contributed by atoms with Crippen LogP contribution in [0.25, 0.3) is 0 Å². The molecule has 1 aliphatic carbocycles. The van der Waals surface area contributed by atoms with Crippen molar-refractivity contribution in [3.8, 4) is 0 Å². The molecule has 2 atom stereocenters. The van der Waals surface area contributed by atoms with Gasteiger partial charge in [-0.25, -0.2) is 0 Å². The summed E-state index contributed by atoms with van der Waals surface area (Å²) in [5, 5.41) is 0. The van der Waals surface area contributed by atoms with Crippen LogP contribution in [0.3, 0.4) is 0 Å². The summed E-state index contributed by atoms with van der Waals surface area (Å²) in [5.74, 6) is 3.04. The Bertz CT molecular complexity index is 993. The lowest BCUT2D eigenvalue weighted by Gasteiger charge is -2.27. The van der Waals surface area contributed by atoms with Crippen molar-refractivity contribution in [3.05, 3.63) is 106 Å². The first kappa shape index (κ1) is 32.5. The second-order valence-corrected chi connectivity index (χ2v) is 13.3. The van der Waals surface area contributed by atoms with Crippen LogP contribution in [0.1, 0.15) is 111 Å². The van der Waals surface area contributed by atoms with E-state index in [0.717, 1.165) is 43.1 Å². The van der Waals surface area contributed by atoms with Gasteiger partial charge in [0.25, 0.3) is 0 Å². The smallest absolute Gasteiger partial charge is 0.183 e. The zero-order valence-electron chi connectivity index (χ0n) is 27.0. The topological polar surface area (TPSA) is 27.7 Å². The molecule has 2 aliphatic heterocycles. The summed E-state index contributed by atoms with van der Waals surface area (Å²) in [6.07, 6.45) is 8.26. The van der Waals surface area contributed by atoms with Crippen LogP contribution >= 0.6 is 0 Å². The van der Waals surface area contributed by atoms with Crippen molar-refractivity contribution >= 4 is 0 Å². The number of aryl methyl sites for hydroxylation is 3. The molecule has 2 heterocycles. The number of benzene rings is 3. The Labute approximate surface area is 256 Å². The van der Waals surface area contributed by atoms with E-state index in [9.17, 15) is 0 Å². The summed E-state index contributed by atoms with van der Waals surface area (Å²) in [7, 11) is 0. The Balaban J connectivity index is 0.000000145. The van der Waals surface area contributed by atoms with Gasteiger partial charge >= 0.3 is 0 Å². The van der Waals surface area contributed by atoms with Crippen molar-refractivity contribution < 1.29 is 14.2 Å². The van der Waals surface area contributed by atoms with E-state index < -0.39 is 0 Å². The van der Waals surface area contributed by atoms with Gasteiger partial charge in [-0.05, 0) is 75.3 Å². The van der Waals surface area contributed by atoms with E-state index in [2.05, 4.69) is 114 Å². The van der Waals surface area contributed by atoms with Crippen molar-refractivity contribution in [1.82, 2.24) is 0 Å². The van der Waals surface area contributed by atoms with Crippen molar-refractivity contribution in [1.29, 1.82) is 0 Å². The molecule has 3 nitrogen and oxygen atoms in total. The molecule has 228 valence electrons. The first-order valence-electron chi connectivity index (χ1n) is 16.3. The van der Waals surface area contributed by atoms with Gasteiger partial charge in [0.2, 0.25) is 0 Å². The average molecular weight is 571 g/mol. The van der Waals surface area contributed by atoms with Crippen molar-refractivity contribution in [2.45, 2.75) is 98.4 Å². The summed E-state index contributed by atoms with van der Waals surface area (Å²) < 4.78 is 17.0. The zero-order valence-corrected chi connectivity index (χ0v) is 27.0. The quantitative estimate of drug-likeness (QED) is 0.313. The third-order valence-corrected chi connectivity index (χ3v) is 8.93. The standard InChI is InChI=1S/C14H20.C13H18O.C12H16O2/c1-11-3-7-13(8-4-11)14-9-5-12(2)6-10-14;1-10-3-6-12(7-4-10)13-8-5-11(2)9-14-13;1-9-3-5-11(6-4-9)12-13-7-10(2)8-14-12/h3-4,7-8,12,14H,5-6,9-10H2,1-2H3;3-4,6-7,11,13H,5,8-9H2,1-2H3;3-6,10,12H,7-8H2,1-2H3. The molecule has 0 radical (unpaired) electrons. The van der Waals surface area contributed by atoms with Crippen molar-refractivity contribution in [3.63, 3.8) is 0 Å². The van der Waals surface area contributed by atoms with E-state index in [0.29, 0.717) is 12.0 Å². The van der Waals surface area contributed by atoms with Crippen molar-refractivity contribution in [2.75, 3.05) is 19.8 Å². The third kappa shape index (κ3) is 10.4. The van der Waals surface area contributed by atoms with Crippen molar-refractivity contribution in [2.24, 2.45) is 17.8 Å². The average Bonchev–Trinajstić information content (AvgIpc) is 3.01. The molecule has 0 aromatic heterocycles. The molecule has 0 bridgehead atoms. The largest absolute Gasteiger partial charge is 0.373 e. The van der Waals surface area contributed by atoms with Crippen LogP contribution in [0, 0.1) is 38.5 Å². The van der Waals surface area contributed by atoms with Crippen LogP contribution in [0.4, 0.5) is 0 Å². The van der Waals surface area contributed by atoms with Crippen LogP contribution in [-0.2, 0) is 14.2 Å². The van der Waals surface area contributed by atoms with Crippen LogP contribution in [0.5, 0.6) is 0 Å². The highest BCUT2D eigenvalue weighted by Crippen LogP contribution is 2.35. The molecule has 0 spiro atoms. The van der Waals surface area contributed by atoms with Gasteiger partial charge < -0.3 is 14.2 Å². The van der Waals surface area contributed by atoms with E-state index in [1.54, 1.807) is 5.56 Å². The number of ether oxygens (including phenoxy) is 3. The molecule has 3 fully saturated rings. The molecule has 0 amide bonds. The van der Waals surface area contributed by atoms with Crippen LogP contribution < -0.4 is 0 Å². The molecule has 3 aromatic rings. The van der Waals surface area contributed by atoms with E-state index in [4.69, 9.17) is 14.2 Å². The molecule has 1 saturated carbocycles. The highest BCUT2D eigenvalue weighted by molar-refractivity contribution is 5.25. The fourth-order valence-corrected chi connectivity index (χ4v) is 5.87. The molecular weight excluding hydrogens is 516 g/mol. The zero-order chi connectivity index (χ0) is 29.9. The second-order valence-electron chi connectivity index (χ2n) is 13.3. The van der Waals surface area contributed by atoms with E-state index in [-0.39, 0.29) is 6.29 Å². The predicted molar refractivity (Wildman–Crippen MR) is 175 cm³/mol. The highest BCUT2D eigenvalue weighted by Gasteiger charge is 2.21. The summed E-state index contributed by atoms with van der Waals surface area (Å²) in [6, 6.07) is 26.1. The Morgan fingerprint density at radius 2 is 0.857 bits per heavy atom. The Kier molecular flexibility index (Phi) is 12.7. The summed E-state index contributed by atoms with van der Waals surface area (Å²) >= 11 is 0. The summed E-state index contributed by atoms with van der Waals surface area (Å²) in [4.78, 5) is 0. The molecule has 42 heavy (non-hydrogen) atoms. The molecule has 3 aromatic carbocycles. The lowest BCUT2D eigenvalue weighted by Crippen LogP contribution is -2.24. The van der Waals surface area contributed by atoms with Gasteiger partial charge in [0, 0.05) is 18.1 Å². The molecular formula is C39H54O3. The normalized spacial score (nSPS) is 27.6. The van der Waals surface area contributed by atoms with Gasteiger partial charge in [-0.1, -0.05) is 123 Å². The van der Waals surface area contributed by atoms with E-state index >= 15 is 0 Å². The van der Waals surface area contributed by atoms with Gasteiger partial charge in [0.05, 0.1) is 19.3 Å². The Morgan fingerprint density at radius 3 is 1.33 bits per heavy atom. The summed E-state index contributed by atoms with van der Waals surface area (Å²) in [6.45, 7) is 15.6. The van der Waals surface area contributed by atoms with Crippen LogP contribution in [-0.4, -0.2) is 19.8 Å². The minimum absolute atomic E-state index is 0.160. The lowest BCUT2D eigenvalue weighted by molar-refractivity contribution is -0.202.